The number of piperazine rings is 1. The van der Waals surface area contributed by atoms with Crippen molar-refractivity contribution in [2.24, 2.45) is 0 Å². The lowest BCUT2D eigenvalue weighted by Gasteiger charge is -2.40. The zero-order valence-electron chi connectivity index (χ0n) is 20.4. The van der Waals surface area contributed by atoms with Crippen LogP contribution in [0.15, 0.2) is 65.6 Å². The Morgan fingerprint density at radius 3 is 2.28 bits per heavy atom. The second-order valence-electron chi connectivity index (χ2n) is 8.38. The topological polar surface area (TPSA) is 114 Å². The Labute approximate surface area is 227 Å². The van der Waals surface area contributed by atoms with E-state index in [0.29, 0.717) is 11.6 Å². The van der Waals surface area contributed by atoms with Crippen molar-refractivity contribution in [3.63, 3.8) is 0 Å². The molecule has 2 heterocycles. The molecule has 208 valence electrons. The Balaban J connectivity index is 1.57. The number of nitrogens with one attached hydrogen (secondary N) is 1. The maximum atomic E-state index is 13.5. The minimum Gasteiger partial charge on any atom is -0.497 e. The second-order valence-corrected chi connectivity index (χ2v) is 10.7. The summed E-state index contributed by atoms with van der Waals surface area (Å²) in [4.78, 5) is 14.8. The number of aromatic nitrogens is 2. The van der Waals surface area contributed by atoms with Gasteiger partial charge < -0.3 is 19.7 Å². The summed E-state index contributed by atoms with van der Waals surface area (Å²) in [6.07, 6.45) is -4.92. The highest BCUT2D eigenvalue weighted by Gasteiger charge is 2.41. The summed E-state index contributed by atoms with van der Waals surface area (Å²) in [6, 6.07) is 12.7. The molecule has 1 atom stereocenters. The number of rotatable bonds is 8. The molecule has 4 rings (SSSR count). The number of hydrogen-bond acceptors (Lipinski definition) is 8. The van der Waals surface area contributed by atoms with Crippen molar-refractivity contribution in [2.75, 3.05) is 31.6 Å². The lowest BCUT2D eigenvalue weighted by Crippen LogP contribution is -2.60. The maximum Gasteiger partial charge on any atom is 0.573 e. The SMILES string of the molecule is COc1ccc(CNC(=O)[C@H]2CN(c3ccc(Cl)nn3)CCN2S(=O)(=O)c2ccc(OC(F)(F)F)cc2)cc1. The van der Waals surface area contributed by atoms with Crippen LogP contribution in [0.3, 0.4) is 0 Å². The van der Waals surface area contributed by atoms with Gasteiger partial charge in [-0.1, -0.05) is 23.7 Å². The third kappa shape index (κ3) is 7.07. The van der Waals surface area contributed by atoms with Crippen molar-refractivity contribution in [2.45, 2.75) is 23.8 Å². The van der Waals surface area contributed by atoms with E-state index in [1.54, 1.807) is 35.2 Å². The van der Waals surface area contributed by atoms with Gasteiger partial charge in [-0.2, -0.15) is 4.31 Å². The van der Waals surface area contributed by atoms with Crippen LogP contribution in [0.1, 0.15) is 5.56 Å². The first-order valence-electron chi connectivity index (χ1n) is 11.5. The van der Waals surface area contributed by atoms with Crippen molar-refractivity contribution >= 4 is 33.3 Å². The zero-order chi connectivity index (χ0) is 28.2. The third-order valence-electron chi connectivity index (χ3n) is 5.87. The van der Waals surface area contributed by atoms with Crippen LogP contribution in [0.2, 0.25) is 5.15 Å². The van der Waals surface area contributed by atoms with Crippen LogP contribution in [0.4, 0.5) is 19.0 Å². The largest absolute Gasteiger partial charge is 0.573 e. The third-order valence-corrected chi connectivity index (χ3v) is 7.99. The Morgan fingerprint density at radius 2 is 1.69 bits per heavy atom. The van der Waals surface area contributed by atoms with Gasteiger partial charge in [0.25, 0.3) is 0 Å². The first-order valence-corrected chi connectivity index (χ1v) is 13.3. The first kappa shape index (κ1) is 28.4. The molecule has 0 aliphatic carbocycles. The Bertz CT molecular complexity index is 1390. The summed E-state index contributed by atoms with van der Waals surface area (Å²) in [5.41, 5.74) is 0.759. The Hall–Kier alpha value is -3.62. The molecule has 3 aromatic rings. The fourth-order valence-electron chi connectivity index (χ4n) is 3.95. The van der Waals surface area contributed by atoms with E-state index in [4.69, 9.17) is 16.3 Å². The summed E-state index contributed by atoms with van der Waals surface area (Å²) < 4.78 is 74.6. The normalized spacial score (nSPS) is 16.5. The molecule has 1 aliphatic heterocycles. The van der Waals surface area contributed by atoms with E-state index in [-0.39, 0.29) is 36.2 Å². The van der Waals surface area contributed by atoms with Crippen LogP contribution >= 0.6 is 11.6 Å². The van der Waals surface area contributed by atoms with Gasteiger partial charge in [0.15, 0.2) is 11.0 Å². The molecule has 1 aliphatic rings. The highest BCUT2D eigenvalue weighted by Crippen LogP contribution is 2.28. The standard InChI is InChI=1S/C24H23ClF3N5O5S/c1-37-17-4-2-16(3-5-17)14-29-23(34)20-15-32(22-11-10-21(25)30-31-22)12-13-33(20)39(35,36)19-8-6-18(7-9-19)38-24(26,27)28/h2-11,20H,12-15H2,1H3,(H,29,34)/t20-/m1/s1. The molecular weight excluding hydrogens is 563 g/mol. The van der Waals surface area contributed by atoms with E-state index in [0.717, 1.165) is 34.1 Å². The van der Waals surface area contributed by atoms with Gasteiger partial charge in [-0.15, -0.1) is 23.4 Å². The highest BCUT2D eigenvalue weighted by molar-refractivity contribution is 7.89. The minimum absolute atomic E-state index is 0.0563. The molecule has 1 N–H and O–H groups in total. The molecule has 0 radical (unpaired) electrons. The number of alkyl halides is 3. The second kappa shape index (κ2) is 11.6. The van der Waals surface area contributed by atoms with Crippen LogP contribution < -0.4 is 19.7 Å². The summed E-state index contributed by atoms with van der Waals surface area (Å²) in [7, 11) is -2.76. The smallest absolute Gasteiger partial charge is 0.497 e. The van der Waals surface area contributed by atoms with Gasteiger partial charge in [0.05, 0.1) is 12.0 Å². The predicted molar refractivity (Wildman–Crippen MR) is 135 cm³/mol. The molecule has 39 heavy (non-hydrogen) atoms. The average molecular weight is 586 g/mol. The molecule has 1 saturated heterocycles. The van der Waals surface area contributed by atoms with Gasteiger partial charge >= 0.3 is 6.36 Å². The number of amides is 1. The van der Waals surface area contributed by atoms with E-state index in [1.165, 1.54) is 13.2 Å². The molecular formula is C24H23ClF3N5O5S. The number of sulfonamides is 1. The highest BCUT2D eigenvalue weighted by atomic mass is 35.5. The van der Waals surface area contributed by atoms with E-state index in [2.05, 4.69) is 20.3 Å². The number of nitrogens with zero attached hydrogens (tertiary/aromatic N) is 4. The van der Waals surface area contributed by atoms with Gasteiger partial charge in [0, 0.05) is 26.2 Å². The number of hydrogen-bond donors (Lipinski definition) is 1. The van der Waals surface area contributed by atoms with Crippen LogP contribution in [-0.2, 0) is 21.4 Å². The number of carbonyl (C=O) groups is 1. The first-order chi connectivity index (χ1) is 18.5. The van der Waals surface area contributed by atoms with Crippen LogP contribution in [0, 0.1) is 0 Å². The van der Waals surface area contributed by atoms with Crippen molar-refractivity contribution in [3.8, 4) is 11.5 Å². The summed E-state index contributed by atoms with van der Waals surface area (Å²) in [5.74, 6) is -0.0987. The number of carbonyl (C=O) groups excluding carboxylic acids is 1. The number of ether oxygens (including phenoxy) is 2. The summed E-state index contributed by atoms with van der Waals surface area (Å²) in [6.45, 7) is 0.137. The summed E-state index contributed by atoms with van der Waals surface area (Å²) >= 11 is 5.82. The molecule has 0 unspecified atom stereocenters. The van der Waals surface area contributed by atoms with Gasteiger partial charge in [0.2, 0.25) is 15.9 Å². The molecule has 1 amide bonds. The monoisotopic (exact) mass is 585 g/mol. The van der Waals surface area contributed by atoms with Crippen LogP contribution in [0.5, 0.6) is 11.5 Å². The number of anilines is 1. The van der Waals surface area contributed by atoms with Crippen LogP contribution in [-0.4, -0.2) is 68.0 Å². The number of halogens is 4. The lowest BCUT2D eigenvalue weighted by atomic mass is 10.1. The Morgan fingerprint density at radius 1 is 1.03 bits per heavy atom. The Kier molecular flexibility index (Phi) is 8.47. The molecule has 1 aromatic heterocycles. The van der Waals surface area contributed by atoms with E-state index >= 15 is 0 Å². The van der Waals surface area contributed by atoms with Gasteiger partial charge in [-0.3, -0.25) is 4.79 Å². The quantitative estimate of drug-likeness (QED) is 0.429. The van der Waals surface area contributed by atoms with E-state index < -0.39 is 34.1 Å². The van der Waals surface area contributed by atoms with Crippen molar-refractivity contribution in [3.05, 3.63) is 71.4 Å². The van der Waals surface area contributed by atoms with E-state index in [9.17, 15) is 26.4 Å². The fraction of sp³-hybridized carbons (Fsp3) is 0.292. The molecule has 0 saturated carbocycles. The molecule has 0 bridgehead atoms. The fourth-order valence-corrected chi connectivity index (χ4v) is 5.62. The number of benzene rings is 2. The van der Waals surface area contributed by atoms with Gasteiger partial charge in [-0.25, -0.2) is 8.42 Å². The molecule has 10 nitrogen and oxygen atoms in total. The summed E-state index contributed by atoms with van der Waals surface area (Å²) in [5, 5.41) is 10.8. The zero-order valence-corrected chi connectivity index (χ0v) is 22.0. The predicted octanol–water partition coefficient (Wildman–Crippen LogP) is 3.23. The molecule has 0 spiro atoms. The molecule has 2 aromatic carbocycles. The molecule has 15 heteroatoms. The number of methoxy groups -OCH3 is 1. The van der Waals surface area contributed by atoms with Crippen LogP contribution in [0.25, 0.3) is 0 Å². The van der Waals surface area contributed by atoms with Gasteiger partial charge in [0.1, 0.15) is 17.5 Å². The van der Waals surface area contributed by atoms with Crippen molar-refractivity contribution < 1.29 is 35.9 Å². The average Bonchev–Trinajstić information content (AvgIpc) is 2.91. The van der Waals surface area contributed by atoms with Gasteiger partial charge in [-0.05, 0) is 54.1 Å². The maximum absolute atomic E-state index is 13.5. The van der Waals surface area contributed by atoms with Crippen molar-refractivity contribution in [1.82, 2.24) is 19.8 Å². The minimum atomic E-state index is -4.92. The lowest BCUT2D eigenvalue weighted by molar-refractivity contribution is -0.274. The van der Waals surface area contributed by atoms with E-state index in [1.807, 2.05) is 0 Å². The molecule has 1 fully saturated rings. The van der Waals surface area contributed by atoms with Crippen molar-refractivity contribution in [1.29, 1.82) is 0 Å².